The molecule has 14 heavy (non-hydrogen) atoms. The van der Waals surface area contributed by atoms with E-state index in [4.69, 9.17) is 34.8 Å². The summed E-state index contributed by atoms with van der Waals surface area (Å²) in [4.78, 5) is 10.5. The van der Waals surface area contributed by atoms with Gasteiger partial charge >= 0.3 is 0 Å². The maximum absolute atomic E-state index is 10.8. The number of rotatable bonds is 1. The van der Waals surface area contributed by atoms with Gasteiger partial charge in [-0.05, 0) is 12.3 Å². The highest BCUT2D eigenvalue weighted by Crippen LogP contribution is 2.54. The van der Waals surface area contributed by atoms with Gasteiger partial charge < -0.3 is 0 Å². The molecular formula is C8H8Cl3NO2. The van der Waals surface area contributed by atoms with E-state index in [1.54, 1.807) is 0 Å². The van der Waals surface area contributed by atoms with E-state index in [1.165, 1.54) is 0 Å². The summed E-state index contributed by atoms with van der Waals surface area (Å²) >= 11 is 17.3. The van der Waals surface area contributed by atoms with E-state index in [0.29, 0.717) is 0 Å². The van der Waals surface area contributed by atoms with Gasteiger partial charge in [0.15, 0.2) is 0 Å². The Bertz CT molecular complexity index is 299. The number of nitrogens with zero attached hydrogens (tertiary/aromatic N) is 1. The van der Waals surface area contributed by atoms with E-state index >= 15 is 0 Å². The van der Waals surface area contributed by atoms with Crippen molar-refractivity contribution in [3.05, 3.63) is 22.3 Å². The SMILES string of the molecule is O=[N+]([O-])C1C2C=CC(C2)C1C(Cl)(Cl)Cl. The van der Waals surface area contributed by atoms with Gasteiger partial charge in [0.1, 0.15) is 0 Å². The number of halogens is 3. The van der Waals surface area contributed by atoms with E-state index in [1.807, 2.05) is 12.2 Å². The zero-order chi connectivity index (χ0) is 10.5. The predicted molar refractivity (Wildman–Crippen MR) is 55.3 cm³/mol. The van der Waals surface area contributed by atoms with Crippen molar-refractivity contribution in [3.8, 4) is 0 Å². The highest BCUT2D eigenvalue weighted by molar-refractivity contribution is 6.67. The Morgan fingerprint density at radius 3 is 2.29 bits per heavy atom. The minimum absolute atomic E-state index is 0.0444. The second kappa shape index (κ2) is 3.26. The second-order valence-corrected chi connectivity index (χ2v) is 6.16. The van der Waals surface area contributed by atoms with Crippen molar-refractivity contribution < 1.29 is 4.92 Å². The molecular weight excluding hydrogens is 248 g/mol. The third-order valence-electron chi connectivity index (χ3n) is 3.04. The van der Waals surface area contributed by atoms with Gasteiger partial charge in [-0.1, -0.05) is 47.0 Å². The minimum Gasteiger partial charge on any atom is -0.264 e. The topological polar surface area (TPSA) is 43.1 Å². The molecule has 0 aromatic rings. The number of nitro groups is 1. The molecule has 0 saturated heterocycles. The molecule has 78 valence electrons. The standard InChI is InChI=1S/C8H8Cl3NO2/c9-8(10,11)6-4-1-2-5(3-4)7(6)12(13)14/h1-2,4-7H,3H2. The molecule has 4 atom stereocenters. The Kier molecular flexibility index (Phi) is 2.45. The molecule has 2 aliphatic rings. The summed E-state index contributed by atoms with van der Waals surface area (Å²) in [6.07, 6.45) is 4.53. The highest BCUT2D eigenvalue weighted by atomic mass is 35.6. The third-order valence-corrected chi connectivity index (χ3v) is 3.80. The van der Waals surface area contributed by atoms with Gasteiger partial charge in [0, 0.05) is 10.8 Å². The van der Waals surface area contributed by atoms with Crippen LogP contribution in [0.25, 0.3) is 0 Å². The molecule has 0 spiro atoms. The van der Waals surface area contributed by atoms with Crippen molar-refractivity contribution in [2.75, 3.05) is 0 Å². The fraction of sp³-hybridized carbons (Fsp3) is 0.750. The van der Waals surface area contributed by atoms with Crippen LogP contribution in [0.2, 0.25) is 0 Å². The molecule has 2 aliphatic carbocycles. The number of hydrogen-bond donors (Lipinski definition) is 0. The first kappa shape index (κ1) is 10.5. The smallest absolute Gasteiger partial charge is 0.226 e. The Hall–Kier alpha value is 0.01000. The number of fused-ring (bicyclic) bond motifs is 2. The van der Waals surface area contributed by atoms with E-state index in [9.17, 15) is 10.1 Å². The summed E-state index contributed by atoms with van der Waals surface area (Å²) in [7, 11) is 0. The molecule has 0 N–H and O–H groups in total. The van der Waals surface area contributed by atoms with Crippen LogP contribution in [-0.2, 0) is 0 Å². The van der Waals surface area contributed by atoms with E-state index < -0.39 is 15.8 Å². The number of hydrogen-bond acceptors (Lipinski definition) is 2. The molecule has 0 aromatic carbocycles. The fourth-order valence-electron chi connectivity index (χ4n) is 2.52. The molecule has 0 radical (unpaired) electrons. The lowest BCUT2D eigenvalue weighted by atomic mass is 9.90. The summed E-state index contributed by atoms with van der Waals surface area (Å²) in [5.41, 5.74) is 0. The van der Waals surface area contributed by atoms with Gasteiger partial charge in [0.25, 0.3) is 0 Å². The molecule has 1 fully saturated rings. The maximum atomic E-state index is 10.8. The van der Waals surface area contributed by atoms with Gasteiger partial charge in [-0.3, -0.25) is 10.1 Å². The van der Waals surface area contributed by atoms with Gasteiger partial charge in [-0.15, -0.1) is 0 Å². The van der Waals surface area contributed by atoms with Crippen LogP contribution in [0.5, 0.6) is 0 Å². The summed E-state index contributed by atoms with van der Waals surface area (Å²) in [5, 5.41) is 10.8. The summed E-state index contributed by atoms with van der Waals surface area (Å²) in [6, 6.07) is -0.738. The molecule has 4 unspecified atom stereocenters. The van der Waals surface area contributed by atoms with Crippen molar-refractivity contribution in [2.24, 2.45) is 17.8 Å². The van der Waals surface area contributed by atoms with Crippen molar-refractivity contribution >= 4 is 34.8 Å². The quantitative estimate of drug-likeness (QED) is 0.313. The monoisotopic (exact) mass is 255 g/mol. The lowest BCUT2D eigenvalue weighted by molar-refractivity contribution is -0.535. The largest absolute Gasteiger partial charge is 0.264 e. The average molecular weight is 257 g/mol. The fourth-order valence-corrected chi connectivity index (χ4v) is 3.39. The Labute approximate surface area is 96.2 Å². The van der Waals surface area contributed by atoms with Crippen LogP contribution in [0.4, 0.5) is 0 Å². The first-order valence-electron chi connectivity index (χ1n) is 4.30. The van der Waals surface area contributed by atoms with Gasteiger partial charge in [-0.25, -0.2) is 0 Å². The van der Waals surface area contributed by atoms with Crippen LogP contribution >= 0.6 is 34.8 Å². The third kappa shape index (κ3) is 1.51. The van der Waals surface area contributed by atoms with Crippen LogP contribution in [0.1, 0.15) is 6.42 Å². The zero-order valence-electron chi connectivity index (χ0n) is 7.07. The van der Waals surface area contributed by atoms with Crippen molar-refractivity contribution in [3.63, 3.8) is 0 Å². The second-order valence-electron chi connectivity index (χ2n) is 3.79. The lowest BCUT2D eigenvalue weighted by Gasteiger charge is -2.27. The molecule has 3 nitrogen and oxygen atoms in total. The van der Waals surface area contributed by atoms with Crippen LogP contribution in [0.15, 0.2) is 12.2 Å². The molecule has 2 rings (SSSR count). The molecule has 1 saturated carbocycles. The molecule has 0 amide bonds. The predicted octanol–water partition coefficient (Wildman–Crippen LogP) is 2.82. The van der Waals surface area contributed by atoms with Crippen molar-refractivity contribution in [1.82, 2.24) is 0 Å². The van der Waals surface area contributed by atoms with E-state index in [-0.39, 0.29) is 16.8 Å². The van der Waals surface area contributed by atoms with E-state index in [2.05, 4.69) is 0 Å². The molecule has 0 aliphatic heterocycles. The molecule has 0 aromatic heterocycles. The minimum atomic E-state index is -1.54. The van der Waals surface area contributed by atoms with Crippen molar-refractivity contribution in [2.45, 2.75) is 16.3 Å². The molecule has 2 bridgehead atoms. The van der Waals surface area contributed by atoms with Crippen LogP contribution < -0.4 is 0 Å². The normalized spacial score (nSPS) is 40.5. The summed E-state index contributed by atoms with van der Waals surface area (Å²) in [6.45, 7) is 0. The number of alkyl halides is 3. The first-order chi connectivity index (χ1) is 6.41. The average Bonchev–Trinajstić information content (AvgIpc) is 2.58. The van der Waals surface area contributed by atoms with Crippen LogP contribution in [-0.4, -0.2) is 14.8 Å². The molecule has 0 heterocycles. The molecule has 6 heteroatoms. The van der Waals surface area contributed by atoms with Crippen LogP contribution in [0, 0.1) is 27.9 Å². The first-order valence-corrected chi connectivity index (χ1v) is 5.43. The Balaban J connectivity index is 2.31. The summed E-state index contributed by atoms with van der Waals surface area (Å²) < 4.78 is -1.54. The summed E-state index contributed by atoms with van der Waals surface area (Å²) in [5.74, 6) is -0.504. The van der Waals surface area contributed by atoms with Crippen molar-refractivity contribution in [1.29, 1.82) is 0 Å². The number of allylic oxidation sites excluding steroid dienone is 1. The van der Waals surface area contributed by atoms with E-state index in [0.717, 1.165) is 6.42 Å². The Morgan fingerprint density at radius 1 is 1.29 bits per heavy atom. The van der Waals surface area contributed by atoms with Gasteiger partial charge in [0.05, 0.1) is 5.92 Å². The maximum Gasteiger partial charge on any atom is 0.226 e. The van der Waals surface area contributed by atoms with Gasteiger partial charge in [0.2, 0.25) is 9.83 Å². The highest BCUT2D eigenvalue weighted by Gasteiger charge is 2.59. The lowest BCUT2D eigenvalue weighted by Crippen LogP contribution is -2.40. The Morgan fingerprint density at radius 2 is 1.86 bits per heavy atom. The zero-order valence-corrected chi connectivity index (χ0v) is 9.34. The van der Waals surface area contributed by atoms with Crippen LogP contribution in [0.3, 0.4) is 0 Å². The van der Waals surface area contributed by atoms with Gasteiger partial charge in [-0.2, -0.15) is 0 Å².